The average molecular weight is 666 g/mol. The molecule has 0 spiro atoms. The summed E-state index contributed by atoms with van der Waals surface area (Å²) in [6.45, 7) is 9.34. The first-order valence-electron chi connectivity index (χ1n) is 16.7. The molecule has 2 N–H and O–H groups in total. The maximum atomic E-state index is 14.0. The van der Waals surface area contributed by atoms with E-state index in [-0.39, 0.29) is 44.0 Å². The molecule has 3 amide bonds. The van der Waals surface area contributed by atoms with E-state index in [4.69, 9.17) is 14.2 Å². The van der Waals surface area contributed by atoms with Gasteiger partial charge in [0.1, 0.15) is 17.5 Å². The molecule has 3 aliphatic heterocycles. The molecule has 1 aromatic heterocycles. The van der Waals surface area contributed by atoms with Gasteiger partial charge >= 0.3 is 0 Å². The summed E-state index contributed by atoms with van der Waals surface area (Å²) in [4.78, 5) is 42.3. The van der Waals surface area contributed by atoms with Crippen LogP contribution >= 0.6 is 0 Å². The SMILES string of the molecule is CCn1nc(CC(C)C)cc1C(=O)N1C[C@@H]2NC(=O)c3ccc(C)c(c3)-c3cccc(c3)OCC(=O)NCc3ccc(c(OC)c3)O[C@H]2C1. The van der Waals surface area contributed by atoms with E-state index in [9.17, 15) is 14.4 Å². The molecule has 4 aromatic rings. The van der Waals surface area contributed by atoms with Crippen LogP contribution in [0.25, 0.3) is 11.1 Å². The number of aromatic nitrogens is 2. The molecule has 0 saturated carbocycles. The van der Waals surface area contributed by atoms with Crippen LogP contribution in [-0.2, 0) is 24.3 Å². The number of amides is 3. The quantitative estimate of drug-likeness (QED) is 0.314. The molecule has 11 nitrogen and oxygen atoms in total. The lowest BCUT2D eigenvalue weighted by Gasteiger charge is -2.23. The van der Waals surface area contributed by atoms with Crippen molar-refractivity contribution in [2.75, 3.05) is 26.8 Å². The normalized spacial score (nSPS) is 17.9. The maximum absolute atomic E-state index is 14.0. The summed E-state index contributed by atoms with van der Waals surface area (Å²) in [7, 11) is 1.55. The molecule has 2 atom stereocenters. The van der Waals surface area contributed by atoms with Crippen molar-refractivity contribution in [3.63, 3.8) is 0 Å². The highest BCUT2D eigenvalue weighted by atomic mass is 16.5. The van der Waals surface area contributed by atoms with Crippen LogP contribution in [0.15, 0.2) is 66.7 Å². The molecule has 1 fully saturated rings. The number of benzene rings is 3. The van der Waals surface area contributed by atoms with E-state index in [2.05, 4.69) is 29.6 Å². The van der Waals surface area contributed by atoms with Crippen molar-refractivity contribution in [3.8, 4) is 28.4 Å². The summed E-state index contributed by atoms with van der Waals surface area (Å²) in [6, 6.07) is 19.8. The third-order valence-electron chi connectivity index (χ3n) is 8.85. The van der Waals surface area contributed by atoms with E-state index in [1.54, 1.807) is 41.0 Å². The van der Waals surface area contributed by atoms with Crippen LogP contribution in [0, 0.1) is 12.8 Å². The lowest BCUT2D eigenvalue weighted by atomic mass is 9.97. The van der Waals surface area contributed by atoms with Gasteiger partial charge in [-0.2, -0.15) is 5.10 Å². The molecule has 6 bridgehead atoms. The number of carbonyl (C=O) groups is 3. The Morgan fingerprint density at radius 3 is 2.65 bits per heavy atom. The molecule has 0 unspecified atom stereocenters. The highest BCUT2D eigenvalue weighted by Gasteiger charge is 2.40. The standard InChI is InChI=1S/C38H43N5O6/c1-6-43-32(18-28(41-43)14-23(2)3)38(46)42-20-31-35(21-42)49-33-13-11-25(15-34(33)47-5)19-39-36(44)22-48-29-9-7-8-26(16-29)30-17-27(37(45)40-31)12-10-24(30)4/h7-13,15-18,23,31,35H,6,14,19-22H2,1-5H3,(H,39,44)(H,40,45)/t31-,35-/m0/s1. The number of likely N-dealkylation sites (tertiary alicyclic amines) is 1. The Kier molecular flexibility index (Phi) is 9.89. The van der Waals surface area contributed by atoms with Crippen molar-refractivity contribution in [2.45, 2.75) is 59.4 Å². The predicted octanol–water partition coefficient (Wildman–Crippen LogP) is 4.80. The van der Waals surface area contributed by atoms with Crippen LogP contribution in [0.5, 0.6) is 17.2 Å². The zero-order valence-corrected chi connectivity index (χ0v) is 28.6. The Balaban J connectivity index is 1.35. The van der Waals surface area contributed by atoms with Crippen molar-refractivity contribution < 1.29 is 28.6 Å². The van der Waals surface area contributed by atoms with E-state index in [1.165, 1.54) is 0 Å². The second-order valence-corrected chi connectivity index (χ2v) is 13.0. The lowest BCUT2D eigenvalue weighted by Crippen LogP contribution is -2.45. The van der Waals surface area contributed by atoms with E-state index < -0.39 is 12.1 Å². The highest BCUT2D eigenvalue weighted by Crippen LogP contribution is 2.32. The van der Waals surface area contributed by atoms with Gasteiger partial charge in [0, 0.05) is 25.2 Å². The van der Waals surface area contributed by atoms with E-state index in [0.29, 0.717) is 41.0 Å². The number of rotatable bonds is 5. The van der Waals surface area contributed by atoms with Crippen LogP contribution in [0.4, 0.5) is 0 Å². The fourth-order valence-corrected chi connectivity index (χ4v) is 6.32. The number of hydrogen-bond acceptors (Lipinski definition) is 7. The minimum absolute atomic E-state index is 0.153. The highest BCUT2D eigenvalue weighted by molar-refractivity contribution is 5.96. The maximum Gasteiger partial charge on any atom is 0.272 e. The van der Waals surface area contributed by atoms with Crippen LogP contribution in [0.1, 0.15) is 58.4 Å². The molecule has 4 heterocycles. The molecular weight excluding hydrogens is 622 g/mol. The van der Waals surface area contributed by atoms with Gasteiger partial charge in [-0.1, -0.05) is 38.1 Å². The third-order valence-corrected chi connectivity index (χ3v) is 8.85. The predicted molar refractivity (Wildman–Crippen MR) is 185 cm³/mol. The number of carbonyl (C=O) groups excluding carboxylic acids is 3. The van der Waals surface area contributed by atoms with E-state index in [0.717, 1.165) is 34.4 Å². The molecule has 7 rings (SSSR count). The molecule has 1 saturated heterocycles. The number of aryl methyl sites for hydroxylation is 2. The first-order chi connectivity index (χ1) is 23.6. The smallest absolute Gasteiger partial charge is 0.272 e. The summed E-state index contributed by atoms with van der Waals surface area (Å²) in [6.07, 6.45) is 0.192. The van der Waals surface area contributed by atoms with Crippen molar-refractivity contribution in [2.24, 2.45) is 5.92 Å². The summed E-state index contributed by atoms with van der Waals surface area (Å²) in [5.74, 6) is 1.15. The Morgan fingerprint density at radius 2 is 1.88 bits per heavy atom. The van der Waals surface area contributed by atoms with Gasteiger partial charge in [0.15, 0.2) is 18.1 Å². The Bertz CT molecular complexity index is 1870. The van der Waals surface area contributed by atoms with Crippen molar-refractivity contribution in [1.82, 2.24) is 25.3 Å². The van der Waals surface area contributed by atoms with E-state index in [1.807, 2.05) is 56.3 Å². The summed E-state index contributed by atoms with van der Waals surface area (Å²) in [5.41, 5.74) is 5.36. The first-order valence-corrected chi connectivity index (χ1v) is 16.7. The number of fused-ring (bicyclic) bond motifs is 7. The zero-order valence-electron chi connectivity index (χ0n) is 28.6. The summed E-state index contributed by atoms with van der Waals surface area (Å²) in [5, 5.41) is 10.7. The fourth-order valence-electron chi connectivity index (χ4n) is 6.32. The van der Waals surface area contributed by atoms with Gasteiger partial charge in [0.2, 0.25) is 0 Å². The van der Waals surface area contributed by atoms with Crippen LogP contribution in [-0.4, -0.2) is 71.4 Å². The molecule has 256 valence electrons. The van der Waals surface area contributed by atoms with Crippen molar-refractivity contribution in [3.05, 3.63) is 94.8 Å². The Morgan fingerprint density at radius 1 is 1.04 bits per heavy atom. The van der Waals surface area contributed by atoms with Crippen molar-refractivity contribution >= 4 is 17.7 Å². The van der Waals surface area contributed by atoms with Crippen LogP contribution < -0.4 is 24.8 Å². The Hall–Kier alpha value is -5.32. The number of methoxy groups -OCH3 is 1. The van der Waals surface area contributed by atoms with Gasteiger partial charge in [0.05, 0.1) is 25.4 Å². The van der Waals surface area contributed by atoms with Gasteiger partial charge in [0.25, 0.3) is 17.7 Å². The molecule has 11 heteroatoms. The van der Waals surface area contributed by atoms with E-state index >= 15 is 0 Å². The van der Waals surface area contributed by atoms with Gasteiger partial charge in [-0.05, 0) is 90.9 Å². The second-order valence-electron chi connectivity index (χ2n) is 13.0. The van der Waals surface area contributed by atoms with Crippen LogP contribution in [0.2, 0.25) is 0 Å². The number of nitrogens with zero attached hydrogens (tertiary/aromatic N) is 3. The minimum atomic E-state index is -0.579. The first kappa shape index (κ1) is 33.6. The number of hydrogen-bond donors (Lipinski definition) is 2. The Labute approximate surface area is 286 Å². The monoisotopic (exact) mass is 665 g/mol. The molecule has 0 aliphatic carbocycles. The fraction of sp³-hybridized carbons (Fsp3) is 0.368. The topological polar surface area (TPSA) is 124 Å². The number of nitrogens with one attached hydrogen (secondary N) is 2. The third kappa shape index (κ3) is 7.56. The van der Waals surface area contributed by atoms with Gasteiger partial charge in [-0.25, -0.2) is 0 Å². The van der Waals surface area contributed by atoms with Crippen molar-refractivity contribution in [1.29, 1.82) is 0 Å². The zero-order chi connectivity index (χ0) is 34.7. The number of ether oxygens (including phenoxy) is 3. The molecule has 3 aliphatic rings. The molecule has 0 radical (unpaired) electrons. The average Bonchev–Trinajstić information content (AvgIpc) is 3.69. The van der Waals surface area contributed by atoms with Crippen LogP contribution in [0.3, 0.4) is 0 Å². The molecule has 49 heavy (non-hydrogen) atoms. The largest absolute Gasteiger partial charge is 0.493 e. The van der Waals surface area contributed by atoms with Gasteiger partial charge < -0.3 is 29.7 Å². The van der Waals surface area contributed by atoms with Gasteiger partial charge in [-0.3, -0.25) is 19.1 Å². The lowest BCUT2D eigenvalue weighted by molar-refractivity contribution is -0.123. The minimum Gasteiger partial charge on any atom is -0.493 e. The molecule has 3 aromatic carbocycles. The van der Waals surface area contributed by atoms with Gasteiger partial charge in [-0.15, -0.1) is 0 Å². The second kappa shape index (κ2) is 14.4. The summed E-state index contributed by atoms with van der Waals surface area (Å²) >= 11 is 0. The molecular formula is C38H43N5O6. The summed E-state index contributed by atoms with van der Waals surface area (Å²) < 4.78 is 19.8.